The van der Waals surface area contributed by atoms with Crippen LogP contribution in [-0.2, 0) is 15.9 Å². The molecule has 2 aromatic carbocycles. The van der Waals surface area contributed by atoms with Gasteiger partial charge in [0.1, 0.15) is 11.6 Å². The molecule has 4 nitrogen and oxygen atoms in total. The zero-order valence-electron chi connectivity index (χ0n) is 21.8. The summed E-state index contributed by atoms with van der Waals surface area (Å²) < 4.78 is 32.4. The summed E-state index contributed by atoms with van der Waals surface area (Å²) in [6.45, 7) is 1.74. The number of hydrogen-bond acceptors (Lipinski definition) is 4. The van der Waals surface area contributed by atoms with E-state index in [1.54, 1.807) is 27.4 Å². The molecule has 1 heterocycles. The van der Waals surface area contributed by atoms with Crippen molar-refractivity contribution in [1.29, 1.82) is 0 Å². The third-order valence-electron chi connectivity index (χ3n) is 8.18. The van der Waals surface area contributed by atoms with Crippen molar-refractivity contribution in [1.82, 2.24) is 0 Å². The number of benzene rings is 2. The maximum atomic E-state index is 15.9. The number of nitrogens with zero attached hydrogens (tertiary/aromatic N) is 1. The van der Waals surface area contributed by atoms with E-state index in [-0.39, 0.29) is 12.1 Å². The lowest BCUT2D eigenvalue weighted by molar-refractivity contribution is -0.141. The number of piperidine rings is 1. The molecule has 36 heavy (non-hydrogen) atoms. The van der Waals surface area contributed by atoms with Crippen LogP contribution >= 0.6 is 0 Å². The van der Waals surface area contributed by atoms with Crippen LogP contribution in [0.3, 0.4) is 0 Å². The van der Waals surface area contributed by atoms with E-state index in [4.69, 9.17) is 14.2 Å². The number of fused-ring (bicyclic) bond motifs is 1. The molecule has 0 spiro atoms. The van der Waals surface area contributed by atoms with Gasteiger partial charge < -0.3 is 19.1 Å². The van der Waals surface area contributed by atoms with Gasteiger partial charge in [-0.1, -0.05) is 12.1 Å². The Morgan fingerprint density at radius 1 is 0.889 bits per heavy atom. The third-order valence-corrected chi connectivity index (χ3v) is 8.18. The molecule has 0 aromatic heterocycles. The van der Waals surface area contributed by atoms with E-state index in [1.807, 2.05) is 12.1 Å². The Labute approximate surface area is 214 Å². The lowest BCUT2D eigenvalue weighted by Gasteiger charge is -2.36. The van der Waals surface area contributed by atoms with Crippen LogP contribution in [-0.4, -0.2) is 40.7 Å². The Hall–Kier alpha value is -2.63. The molecule has 1 fully saturated rings. The summed E-state index contributed by atoms with van der Waals surface area (Å²) in [4.78, 5) is 2.28. The Bertz CT molecular complexity index is 1140. The van der Waals surface area contributed by atoms with Gasteiger partial charge in [0.2, 0.25) is 0 Å². The van der Waals surface area contributed by atoms with Crippen LogP contribution in [0.25, 0.3) is 5.57 Å². The summed E-state index contributed by atoms with van der Waals surface area (Å²) in [7, 11) is 5.09. The second-order valence-electron chi connectivity index (χ2n) is 10.2. The number of rotatable bonds is 7. The van der Waals surface area contributed by atoms with Crippen LogP contribution < -0.4 is 9.64 Å². The van der Waals surface area contributed by atoms with Crippen LogP contribution in [0.1, 0.15) is 61.6 Å². The van der Waals surface area contributed by atoms with E-state index in [9.17, 15) is 0 Å². The van der Waals surface area contributed by atoms with Gasteiger partial charge in [-0.05, 0) is 110 Å². The maximum Gasteiger partial charge on any atom is 0.159 e. The van der Waals surface area contributed by atoms with Crippen molar-refractivity contribution >= 4 is 11.3 Å². The van der Waals surface area contributed by atoms with Crippen molar-refractivity contribution in [3.05, 3.63) is 76.1 Å². The molecule has 5 heteroatoms. The fourth-order valence-electron chi connectivity index (χ4n) is 6.25. The number of halogens is 1. The van der Waals surface area contributed by atoms with Crippen LogP contribution in [0.2, 0.25) is 0 Å². The standard InChI is InChI=1S/C31H38FNO3/c1-34-25-11-14-27-23(19-25)9-12-26(21-7-5-4-6-8-21)30(27)28-13-10-24(20-29(28)32)33-17-15-22(16-18-33)31(35-2)36-3/h7,10-11,13-14,19-20,22,31H,4-6,8-9,12,15-18H2,1-3H3. The predicted molar refractivity (Wildman–Crippen MR) is 143 cm³/mol. The normalized spacial score (nSPS) is 18.9. The minimum absolute atomic E-state index is 0.145. The van der Waals surface area contributed by atoms with Crippen LogP contribution in [0.4, 0.5) is 10.1 Å². The zero-order chi connectivity index (χ0) is 25.1. The molecule has 5 rings (SSSR count). The minimum atomic E-state index is -0.171. The van der Waals surface area contributed by atoms with Crippen molar-refractivity contribution in [2.45, 2.75) is 57.7 Å². The largest absolute Gasteiger partial charge is 0.497 e. The summed E-state index contributed by atoms with van der Waals surface area (Å²) in [5.74, 6) is 1.08. The van der Waals surface area contributed by atoms with E-state index in [0.717, 1.165) is 74.2 Å². The average molecular weight is 492 g/mol. The molecule has 0 N–H and O–H groups in total. The van der Waals surface area contributed by atoms with Gasteiger partial charge in [0.05, 0.1) is 7.11 Å². The summed E-state index contributed by atoms with van der Waals surface area (Å²) in [5, 5.41) is 0. The molecular weight excluding hydrogens is 453 g/mol. The van der Waals surface area contributed by atoms with E-state index in [1.165, 1.54) is 29.6 Å². The highest BCUT2D eigenvalue weighted by atomic mass is 19.1. The van der Waals surface area contributed by atoms with Gasteiger partial charge >= 0.3 is 0 Å². The van der Waals surface area contributed by atoms with E-state index < -0.39 is 0 Å². The van der Waals surface area contributed by atoms with E-state index in [2.05, 4.69) is 29.2 Å². The molecule has 0 amide bonds. The molecule has 1 aliphatic heterocycles. The van der Waals surface area contributed by atoms with Gasteiger partial charge in [0, 0.05) is 44.5 Å². The van der Waals surface area contributed by atoms with Gasteiger partial charge in [0.25, 0.3) is 0 Å². The van der Waals surface area contributed by atoms with E-state index >= 15 is 4.39 Å². The molecule has 0 radical (unpaired) electrons. The Morgan fingerprint density at radius 2 is 1.67 bits per heavy atom. The molecule has 2 aliphatic carbocycles. The van der Waals surface area contributed by atoms with Crippen molar-refractivity contribution in [3.8, 4) is 5.75 Å². The zero-order valence-corrected chi connectivity index (χ0v) is 21.8. The molecule has 0 unspecified atom stereocenters. The summed E-state index contributed by atoms with van der Waals surface area (Å²) in [6.07, 6.45) is 10.7. The number of ether oxygens (including phenoxy) is 3. The molecule has 0 saturated carbocycles. The lowest BCUT2D eigenvalue weighted by atomic mass is 9.77. The molecular formula is C31H38FNO3. The second kappa shape index (κ2) is 11.2. The quantitative estimate of drug-likeness (QED) is 0.394. The molecule has 192 valence electrons. The van der Waals surface area contributed by atoms with Crippen molar-refractivity contribution in [3.63, 3.8) is 0 Å². The first-order valence-electron chi connectivity index (χ1n) is 13.3. The highest BCUT2D eigenvalue weighted by Gasteiger charge is 2.28. The first-order valence-corrected chi connectivity index (χ1v) is 13.3. The summed E-state index contributed by atoms with van der Waals surface area (Å²) >= 11 is 0. The van der Waals surface area contributed by atoms with Crippen LogP contribution in [0, 0.1) is 11.7 Å². The number of anilines is 1. The number of hydrogen-bond donors (Lipinski definition) is 0. The van der Waals surface area contributed by atoms with Crippen molar-refractivity contribution in [2.24, 2.45) is 5.92 Å². The lowest BCUT2D eigenvalue weighted by Crippen LogP contribution is -2.39. The fourth-order valence-corrected chi connectivity index (χ4v) is 6.25. The maximum absolute atomic E-state index is 15.9. The average Bonchev–Trinajstić information content (AvgIpc) is 2.93. The Balaban J connectivity index is 1.48. The highest BCUT2D eigenvalue weighted by molar-refractivity contribution is 5.88. The first kappa shape index (κ1) is 25.0. The SMILES string of the molecule is COc1ccc2c(c1)CCC(C1=CCCCC1)=C2c1ccc(N2CCC(C(OC)OC)CC2)cc1F. The highest BCUT2D eigenvalue weighted by Crippen LogP contribution is 2.43. The van der Waals surface area contributed by atoms with Crippen LogP contribution in [0.5, 0.6) is 5.75 Å². The van der Waals surface area contributed by atoms with Gasteiger partial charge in [-0.25, -0.2) is 4.39 Å². The monoisotopic (exact) mass is 491 g/mol. The fraction of sp³-hybridized carbons (Fsp3) is 0.484. The topological polar surface area (TPSA) is 30.9 Å². The smallest absolute Gasteiger partial charge is 0.159 e. The van der Waals surface area contributed by atoms with Crippen molar-refractivity contribution in [2.75, 3.05) is 39.3 Å². The van der Waals surface area contributed by atoms with Gasteiger partial charge in [-0.2, -0.15) is 0 Å². The molecule has 3 aliphatic rings. The number of methoxy groups -OCH3 is 3. The third kappa shape index (κ3) is 4.96. The molecule has 1 saturated heterocycles. The first-order chi connectivity index (χ1) is 17.6. The number of allylic oxidation sites excluding steroid dienone is 3. The van der Waals surface area contributed by atoms with Gasteiger partial charge in [0.15, 0.2) is 6.29 Å². The minimum Gasteiger partial charge on any atom is -0.497 e. The van der Waals surface area contributed by atoms with Gasteiger partial charge in [-0.3, -0.25) is 0 Å². The van der Waals surface area contributed by atoms with E-state index in [0.29, 0.717) is 11.5 Å². The summed E-state index contributed by atoms with van der Waals surface area (Å²) in [5.41, 5.74) is 7.84. The Kier molecular flexibility index (Phi) is 7.78. The molecule has 2 aromatic rings. The summed E-state index contributed by atoms with van der Waals surface area (Å²) in [6, 6.07) is 12.1. The number of aryl methyl sites for hydroxylation is 1. The predicted octanol–water partition coefficient (Wildman–Crippen LogP) is 6.92. The Morgan fingerprint density at radius 3 is 2.33 bits per heavy atom. The van der Waals surface area contributed by atoms with Crippen LogP contribution in [0.15, 0.2) is 53.6 Å². The molecule has 0 atom stereocenters. The second-order valence-corrected chi connectivity index (χ2v) is 10.2. The van der Waals surface area contributed by atoms with Gasteiger partial charge in [-0.15, -0.1) is 0 Å². The molecule has 0 bridgehead atoms. The van der Waals surface area contributed by atoms with Crippen molar-refractivity contribution < 1.29 is 18.6 Å².